The van der Waals surface area contributed by atoms with Gasteiger partial charge in [-0.2, -0.15) is 11.3 Å². The van der Waals surface area contributed by atoms with Gasteiger partial charge in [0, 0.05) is 32.5 Å². The molecule has 1 unspecified atom stereocenters. The number of hydrogen-bond acceptors (Lipinski definition) is 4. The van der Waals surface area contributed by atoms with Gasteiger partial charge >= 0.3 is 0 Å². The van der Waals surface area contributed by atoms with Crippen molar-refractivity contribution in [1.82, 2.24) is 9.80 Å². The number of alkyl halides is 2. The molecule has 1 aromatic heterocycles. The number of likely N-dealkylation sites (tertiary alicyclic amines) is 1. The smallest absolute Gasteiger partial charge is 0.253 e. The molecule has 2 aliphatic rings. The molecule has 2 amide bonds. The summed E-state index contributed by atoms with van der Waals surface area (Å²) in [4.78, 5) is 27.9. The predicted octanol–water partition coefficient (Wildman–Crippen LogP) is 1.78. The van der Waals surface area contributed by atoms with Crippen LogP contribution in [0.1, 0.15) is 18.4 Å². The van der Waals surface area contributed by atoms with Crippen LogP contribution < -0.4 is 0 Å². The first kappa shape index (κ1) is 17.3. The molecule has 0 N–H and O–H groups in total. The molecule has 132 valence electrons. The lowest BCUT2D eigenvalue weighted by Gasteiger charge is -2.37. The Morgan fingerprint density at radius 3 is 2.67 bits per heavy atom. The second-order valence-electron chi connectivity index (χ2n) is 6.19. The van der Waals surface area contributed by atoms with Crippen LogP contribution in [0.4, 0.5) is 8.78 Å². The van der Waals surface area contributed by atoms with Crippen LogP contribution in [0.15, 0.2) is 16.8 Å². The molecule has 2 saturated heterocycles. The number of amides is 2. The van der Waals surface area contributed by atoms with Gasteiger partial charge in [0.05, 0.1) is 19.6 Å². The highest BCUT2D eigenvalue weighted by Crippen LogP contribution is 2.28. The van der Waals surface area contributed by atoms with Crippen molar-refractivity contribution in [3.8, 4) is 0 Å². The van der Waals surface area contributed by atoms with E-state index in [1.54, 1.807) is 4.90 Å². The minimum Gasteiger partial charge on any atom is -0.365 e. The van der Waals surface area contributed by atoms with Crippen molar-refractivity contribution in [3.05, 3.63) is 22.4 Å². The fraction of sp³-hybridized carbons (Fsp3) is 0.625. The van der Waals surface area contributed by atoms with E-state index in [-0.39, 0.29) is 50.9 Å². The summed E-state index contributed by atoms with van der Waals surface area (Å²) in [5.41, 5.74) is 0.956. The van der Waals surface area contributed by atoms with Gasteiger partial charge in [-0.15, -0.1) is 0 Å². The Morgan fingerprint density at radius 1 is 1.25 bits per heavy atom. The lowest BCUT2D eigenvalue weighted by Crippen LogP contribution is -2.54. The zero-order chi connectivity index (χ0) is 17.2. The summed E-state index contributed by atoms with van der Waals surface area (Å²) in [7, 11) is 0. The molecule has 0 aliphatic carbocycles. The van der Waals surface area contributed by atoms with Crippen molar-refractivity contribution in [3.63, 3.8) is 0 Å². The zero-order valence-electron chi connectivity index (χ0n) is 13.2. The minimum absolute atomic E-state index is 0.0363. The molecule has 24 heavy (non-hydrogen) atoms. The Balaban J connectivity index is 1.55. The third-order valence-electron chi connectivity index (χ3n) is 4.44. The Labute approximate surface area is 143 Å². The maximum absolute atomic E-state index is 13.2. The molecule has 1 atom stereocenters. The van der Waals surface area contributed by atoms with Crippen molar-refractivity contribution >= 4 is 23.2 Å². The predicted molar refractivity (Wildman–Crippen MR) is 85.1 cm³/mol. The highest BCUT2D eigenvalue weighted by Gasteiger charge is 2.39. The maximum Gasteiger partial charge on any atom is 0.253 e. The quantitative estimate of drug-likeness (QED) is 0.828. The lowest BCUT2D eigenvalue weighted by molar-refractivity contribution is -0.158. The van der Waals surface area contributed by atoms with E-state index in [0.29, 0.717) is 13.0 Å². The molecule has 2 fully saturated rings. The number of nitrogens with zero attached hydrogens (tertiary/aromatic N) is 2. The molecule has 0 bridgehead atoms. The Hall–Kier alpha value is -1.54. The van der Waals surface area contributed by atoms with Gasteiger partial charge in [0.2, 0.25) is 5.91 Å². The number of carbonyl (C=O) groups is 2. The molecular formula is C16H20F2N2O3S. The van der Waals surface area contributed by atoms with Crippen LogP contribution in [0.25, 0.3) is 0 Å². The van der Waals surface area contributed by atoms with Gasteiger partial charge < -0.3 is 14.5 Å². The topological polar surface area (TPSA) is 49.9 Å². The minimum atomic E-state index is -2.69. The first-order valence-corrected chi connectivity index (χ1v) is 8.96. The third kappa shape index (κ3) is 4.10. The zero-order valence-corrected chi connectivity index (χ0v) is 14.1. The average molecular weight is 358 g/mol. The summed E-state index contributed by atoms with van der Waals surface area (Å²) in [5.74, 6) is -3.02. The summed E-state index contributed by atoms with van der Waals surface area (Å²) in [6.45, 7) is 0.998. The molecule has 8 heteroatoms. The molecule has 2 aliphatic heterocycles. The summed E-state index contributed by atoms with van der Waals surface area (Å²) in [5, 5.41) is 3.84. The number of ether oxygens (including phenoxy) is 1. The van der Waals surface area contributed by atoms with E-state index in [9.17, 15) is 18.4 Å². The van der Waals surface area contributed by atoms with E-state index in [2.05, 4.69) is 0 Å². The van der Waals surface area contributed by atoms with E-state index in [0.717, 1.165) is 5.56 Å². The molecule has 5 nitrogen and oxygen atoms in total. The molecular weight excluding hydrogens is 338 g/mol. The van der Waals surface area contributed by atoms with E-state index in [1.165, 1.54) is 16.2 Å². The van der Waals surface area contributed by atoms with E-state index < -0.39 is 12.0 Å². The highest BCUT2D eigenvalue weighted by molar-refractivity contribution is 7.08. The normalized spacial score (nSPS) is 24.0. The van der Waals surface area contributed by atoms with Crippen LogP contribution in [-0.4, -0.2) is 66.4 Å². The van der Waals surface area contributed by atoms with Crippen LogP contribution in [-0.2, 0) is 20.7 Å². The summed E-state index contributed by atoms with van der Waals surface area (Å²) < 4.78 is 31.9. The van der Waals surface area contributed by atoms with Gasteiger partial charge in [-0.05, 0) is 22.4 Å². The van der Waals surface area contributed by atoms with Gasteiger partial charge in [-0.25, -0.2) is 8.78 Å². The SMILES string of the molecule is O=C(Cc1ccsc1)N1CCOC(C(=O)N2CCC(F)(F)CC2)C1. The van der Waals surface area contributed by atoms with Gasteiger partial charge in [-0.1, -0.05) is 0 Å². The van der Waals surface area contributed by atoms with Crippen molar-refractivity contribution < 1.29 is 23.1 Å². The van der Waals surface area contributed by atoms with Crippen LogP contribution >= 0.6 is 11.3 Å². The number of piperidine rings is 1. The molecule has 0 saturated carbocycles. The van der Waals surface area contributed by atoms with Crippen molar-refractivity contribution in [2.24, 2.45) is 0 Å². The van der Waals surface area contributed by atoms with E-state index in [1.807, 2.05) is 16.8 Å². The molecule has 0 spiro atoms. The van der Waals surface area contributed by atoms with E-state index >= 15 is 0 Å². The van der Waals surface area contributed by atoms with Gasteiger partial charge in [0.25, 0.3) is 11.8 Å². The molecule has 1 aromatic rings. The van der Waals surface area contributed by atoms with Crippen LogP contribution in [0.3, 0.4) is 0 Å². The first-order valence-electron chi connectivity index (χ1n) is 8.02. The number of morpholine rings is 1. The number of carbonyl (C=O) groups excluding carboxylic acids is 2. The molecule has 3 heterocycles. The number of hydrogen-bond donors (Lipinski definition) is 0. The van der Waals surface area contributed by atoms with Gasteiger partial charge in [-0.3, -0.25) is 9.59 Å². The monoisotopic (exact) mass is 358 g/mol. The molecule has 0 aromatic carbocycles. The summed E-state index contributed by atoms with van der Waals surface area (Å²) in [6, 6.07) is 1.90. The molecule has 3 rings (SSSR count). The van der Waals surface area contributed by atoms with Crippen LogP contribution in [0.5, 0.6) is 0 Å². The molecule has 0 radical (unpaired) electrons. The lowest BCUT2D eigenvalue weighted by atomic mass is 10.1. The van der Waals surface area contributed by atoms with Gasteiger partial charge in [0.1, 0.15) is 0 Å². The Kier molecular flexibility index (Phi) is 5.15. The standard InChI is InChI=1S/C16H20F2N2O3S/c17-16(18)2-4-19(5-3-16)15(22)13-10-20(6-7-23-13)14(21)9-12-1-8-24-11-12/h1,8,11,13H,2-7,9-10H2. The van der Waals surface area contributed by atoms with E-state index in [4.69, 9.17) is 4.74 Å². The van der Waals surface area contributed by atoms with Crippen molar-refractivity contribution in [1.29, 1.82) is 0 Å². The number of halogens is 2. The van der Waals surface area contributed by atoms with Crippen LogP contribution in [0, 0.1) is 0 Å². The average Bonchev–Trinajstić information content (AvgIpc) is 3.07. The second kappa shape index (κ2) is 7.14. The Morgan fingerprint density at radius 2 is 2.00 bits per heavy atom. The van der Waals surface area contributed by atoms with Crippen molar-refractivity contribution in [2.45, 2.75) is 31.3 Å². The summed E-state index contributed by atoms with van der Waals surface area (Å²) in [6.07, 6.45) is -1.07. The maximum atomic E-state index is 13.2. The second-order valence-corrected chi connectivity index (χ2v) is 6.97. The number of thiophene rings is 1. The van der Waals surface area contributed by atoms with Crippen molar-refractivity contribution in [2.75, 3.05) is 32.8 Å². The van der Waals surface area contributed by atoms with Gasteiger partial charge in [0.15, 0.2) is 6.10 Å². The fourth-order valence-corrected chi connectivity index (χ4v) is 3.63. The number of rotatable bonds is 3. The fourth-order valence-electron chi connectivity index (χ4n) is 2.96. The Bertz CT molecular complexity index is 584. The summed E-state index contributed by atoms with van der Waals surface area (Å²) >= 11 is 1.53. The third-order valence-corrected chi connectivity index (χ3v) is 5.17. The van der Waals surface area contributed by atoms with Crippen LogP contribution in [0.2, 0.25) is 0 Å². The first-order chi connectivity index (χ1) is 11.4. The highest BCUT2D eigenvalue weighted by atomic mass is 32.1. The largest absolute Gasteiger partial charge is 0.365 e.